The molecule has 0 atom stereocenters. The number of rotatable bonds is 8. The molecule has 0 spiro atoms. The summed E-state index contributed by atoms with van der Waals surface area (Å²) < 4.78 is 5.44. The third-order valence-corrected chi connectivity index (χ3v) is 4.63. The number of hydrogen-bond acceptors (Lipinski definition) is 3. The SMILES string of the molecule is C=CCOc1ccc(C(=O)NCc2ccccc2CN2CCCC2)cc1. The first-order valence-electron chi connectivity index (χ1n) is 9.17. The summed E-state index contributed by atoms with van der Waals surface area (Å²) in [5.74, 6) is 0.661. The minimum absolute atomic E-state index is 0.0729. The number of nitrogens with zero attached hydrogens (tertiary/aromatic N) is 1. The van der Waals surface area contributed by atoms with Crippen molar-refractivity contribution in [3.8, 4) is 5.75 Å². The predicted molar refractivity (Wildman–Crippen MR) is 104 cm³/mol. The lowest BCUT2D eigenvalue weighted by atomic mass is 10.1. The van der Waals surface area contributed by atoms with Gasteiger partial charge in [-0.25, -0.2) is 0 Å². The van der Waals surface area contributed by atoms with Crippen LogP contribution in [0.2, 0.25) is 0 Å². The number of nitrogens with one attached hydrogen (secondary N) is 1. The number of hydrogen-bond donors (Lipinski definition) is 1. The molecule has 136 valence electrons. The summed E-state index contributed by atoms with van der Waals surface area (Å²) in [6.45, 7) is 7.91. The molecular weight excluding hydrogens is 324 g/mol. The van der Waals surface area contributed by atoms with Crippen molar-refractivity contribution in [3.05, 3.63) is 77.9 Å². The monoisotopic (exact) mass is 350 g/mol. The van der Waals surface area contributed by atoms with E-state index in [0.717, 1.165) is 12.3 Å². The Kier molecular flexibility index (Phi) is 6.45. The molecule has 0 aliphatic carbocycles. The molecule has 1 aliphatic rings. The molecule has 1 fully saturated rings. The third kappa shape index (κ3) is 4.96. The van der Waals surface area contributed by atoms with E-state index >= 15 is 0 Å². The largest absolute Gasteiger partial charge is 0.490 e. The van der Waals surface area contributed by atoms with Crippen molar-refractivity contribution in [2.75, 3.05) is 19.7 Å². The zero-order valence-corrected chi connectivity index (χ0v) is 15.1. The highest BCUT2D eigenvalue weighted by Gasteiger charge is 2.14. The zero-order chi connectivity index (χ0) is 18.2. The smallest absolute Gasteiger partial charge is 0.251 e. The summed E-state index contributed by atoms with van der Waals surface area (Å²) in [6, 6.07) is 15.5. The molecule has 1 heterocycles. The van der Waals surface area contributed by atoms with Crippen molar-refractivity contribution in [2.24, 2.45) is 0 Å². The van der Waals surface area contributed by atoms with Crippen LogP contribution in [0.5, 0.6) is 5.75 Å². The lowest BCUT2D eigenvalue weighted by Gasteiger charge is -2.17. The van der Waals surface area contributed by atoms with Gasteiger partial charge in [0, 0.05) is 18.7 Å². The highest BCUT2D eigenvalue weighted by Crippen LogP contribution is 2.17. The molecule has 0 unspecified atom stereocenters. The number of amides is 1. The van der Waals surface area contributed by atoms with E-state index in [2.05, 4.69) is 35.0 Å². The van der Waals surface area contributed by atoms with Gasteiger partial charge in [-0.1, -0.05) is 36.9 Å². The highest BCUT2D eigenvalue weighted by atomic mass is 16.5. The Morgan fingerprint density at radius 2 is 1.77 bits per heavy atom. The molecule has 0 bridgehead atoms. The summed E-state index contributed by atoms with van der Waals surface area (Å²) in [4.78, 5) is 14.9. The summed E-state index contributed by atoms with van der Waals surface area (Å²) in [7, 11) is 0. The molecule has 1 aliphatic heterocycles. The van der Waals surface area contributed by atoms with Crippen molar-refractivity contribution >= 4 is 5.91 Å². The number of carbonyl (C=O) groups is 1. The van der Waals surface area contributed by atoms with Crippen LogP contribution in [0.4, 0.5) is 0 Å². The Labute approximate surface area is 155 Å². The van der Waals surface area contributed by atoms with Gasteiger partial charge in [-0.3, -0.25) is 9.69 Å². The zero-order valence-electron chi connectivity index (χ0n) is 15.1. The van der Waals surface area contributed by atoms with Crippen molar-refractivity contribution in [1.29, 1.82) is 0 Å². The third-order valence-electron chi connectivity index (χ3n) is 4.63. The van der Waals surface area contributed by atoms with Crippen molar-refractivity contribution in [3.63, 3.8) is 0 Å². The van der Waals surface area contributed by atoms with Crippen LogP contribution in [0.15, 0.2) is 61.2 Å². The Morgan fingerprint density at radius 3 is 2.46 bits per heavy atom. The molecule has 2 aromatic rings. The maximum Gasteiger partial charge on any atom is 0.251 e. The van der Waals surface area contributed by atoms with E-state index in [1.54, 1.807) is 30.3 Å². The molecule has 4 heteroatoms. The second-order valence-corrected chi connectivity index (χ2v) is 6.56. The molecule has 1 N–H and O–H groups in total. The van der Waals surface area contributed by atoms with Gasteiger partial charge in [0.15, 0.2) is 0 Å². The minimum atomic E-state index is -0.0729. The van der Waals surface area contributed by atoms with Crippen LogP contribution in [0, 0.1) is 0 Å². The predicted octanol–water partition coefficient (Wildman–Crippen LogP) is 3.78. The van der Waals surface area contributed by atoms with E-state index in [4.69, 9.17) is 4.74 Å². The number of benzene rings is 2. The molecule has 26 heavy (non-hydrogen) atoms. The fourth-order valence-corrected chi connectivity index (χ4v) is 3.20. The maximum absolute atomic E-state index is 12.4. The Balaban J connectivity index is 1.58. The van der Waals surface area contributed by atoms with Crippen molar-refractivity contribution < 1.29 is 9.53 Å². The molecule has 4 nitrogen and oxygen atoms in total. The Morgan fingerprint density at radius 1 is 1.08 bits per heavy atom. The van der Waals surface area contributed by atoms with E-state index in [9.17, 15) is 4.79 Å². The normalized spacial score (nSPS) is 14.2. The summed E-state index contributed by atoms with van der Waals surface area (Å²) in [5, 5.41) is 3.03. The standard InChI is InChI=1S/C22H26N2O2/c1-2-15-26-21-11-9-18(10-12-21)22(25)23-16-19-7-3-4-8-20(19)17-24-13-5-6-14-24/h2-4,7-12H,1,5-6,13-17H2,(H,23,25). The van der Waals surface area contributed by atoms with Gasteiger partial charge in [0.05, 0.1) is 0 Å². The van der Waals surface area contributed by atoms with Gasteiger partial charge < -0.3 is 10.1 Å². The lowest BCUT2D eigenvalue weighted by molar-refractivity contribution is 0.0950. The van der Waals surface area contributed by atoms with Gasteiger partial charge in [-0.05, 0) is 61.3 Å². The number of carbonyl (C=O) groups excluding carboxylic acids is 1. The fraction of sp³-hybridized carbons (Fsp3) is 0.318. The molecule has 0 saturated carbocycles. The molecule has 3 rings (SSSR count). The average molecular weight is 350 g/mol. The van der Waals surface area contributed by atoms with Gasteiger partial charge in [-0.2, -0.15) is 0 Å². The molecule has 1 saturated heterocycles. The first-order chi connectivity index (χ1) is 12.8. The molecule has 2 aromatic carbocycles. The molecule has 1 amide bonds. The van der Waals surface area contributed by atoms with E-state index in [1.165, 1.54) is 37.1 Å². The topological polar surface area (TPSA) is 41.6 Å². The first-order valence-corrected chi connectivity index (χ1v) is 9.17. The van der Waals surface area contributed by atoms with Crippen LogP contribution in [0.25, 0.3) is 0 Å². The van der Waals surface area contributed by atoms with E-state index < -0.39 is 0 Å². The van der Waals surface area contributed by atoms with Gasteiger partial charge in [0.1, 0.15) is 12.4 Å². The second-order valence-electron chi connectivity index (χ2n) is 6.56. The molecule has 0 radical (unpaired) electrons. The van der Waals surface area contributed by atoms with Gasteiger partial charge in [0.2, 0.25) is 0 Å². The van der Waals surface area contributed by atoms with E-state index in [-0.39, 0.29) is 5.91 Å². The van der Waals surface area contributed by atoms with Gasteiger partial charge in [0.25, 0.3) is 5.91 Å². The lowest BCUT2D eigenvalue weighted by Crippen LogP contribution is -2.25. The van der Waals surface area contributed by atoms with Crippen molar-refractivity contribution in [1.82, 2.24) is 10.2 Å². The second kappa shape index (κ2) is 9.20. The highest BCUT2D eigenvalue weighted by molar-refractivity contribution is 5.94. The molecular formula is C22H26N2O2. The van der Waals surface area contributed by atoms with Crippen molar-refractivity contribution in [2.45, 2.75) is 25.9 Å². The van der Waals surface area contributed by atoms with E-state index in [1.807, 2.05) is 6.07 Å². The van der Waals surface area contributed by atoms with Gasteiger partial charge >= 0.3 is 0 Å². The van der Waals surface area contributed by atoms with Crippen LogP contribution < -0.4 is 10.1 Å². The van der Waals surface area contributed by atoms with Crippen LogP contribution in [0.1, 0.15) is 34.3 Å². The van der Waals surface area contributed by atoms with E-state index in [0.29, 0.717) is 18.7 Å². The summed E-state index contributed by atoms with van der Waals surface area (Å²) in [6.07, 6.45) is 4.26. The quantitative estimate of drug-likeness (QED) is 0.737. The minimum Gasteiger partial charge on any atom is -0.490 e. The summed E-state index contributed by atoms with van der Waals surface area (Å²) >= 11 is 0. The number of likely N-dealkylation sites (tertiary alicyclic amines) is 1. The van der Waals surface area contributed by atoms with Crippen LogP contribution in [-0.2, 0) is 13.1 Å². The van der Waals surface area contributed by atoms with Crippen LogP contribution in [-0.4, -0.2) is 30.5 Å². The summed E-state index contributed by atoms with van der Waals surface area (Å²) in [5.41, 5.74) is 3.11. The molecule has 0 aromatic heterocycles. The van der Waals surface area contributed by atoms with Crippen LogP contribution in [0.3, 0.4) is 0 Å². The Bertz CT molecular complexity index is 734. The first kappa shape index (κ1) is 18.2. The maximum atomic E-state index is 12.4. The average Bonchev–Trinajstić information content (AvgIpc) is 3.19. The van der Waals surface area contributed by atoms with Gasteiger partial charge in [-0.15, -0.1) is 0 Å². The fourth-order valence-electron chi connectivity index (χ4n) is 3.20. The number of ether oxygens (including phenoxy) is 1. The van der Waals surface area contributed by atoms with Crippen LogP contribution >= 0.6 is 0 Å². The Hall–Kier alpha value is -2.59.